The molecule has 0 amide bonds. The summed E-state index contributed by atoms with van der Waals surface area (Å²) in [4.78, 5) is 2.01. The first kappa shape index (κ1) is 19.8. The molecule has 122 valence electrons. The van der Waals surface area contributed by atoms with Crippen LogP contribution in [0.2, 0.25) is 0 Å². The third-order valence-corrected chi connectivity index (χ3v) is 5.38. The Morgan fingerprint density at radius 1 is 1.15 bits per heavy atom. The summed E-state index contributed by atoms with van der Waals surface area (Å²) >= 11 is 0. The maximum atomic E-state index is 12.6. The van der Waals surface area contributed by atoms with Gasteiger partial charge in [0.15, 0.2) is 0 Å². The van der Waals surface area contributed by atoms with Crippen LogP contribution in [-0.2, 0) is 10.2 Å². The van der Waals surface area contributed by atoms with Crippen LogP contribution in [-0.4, -0.2) is 81.8 Å². The monoisotopic (exact) mass is 308 g/mol. The summed E-state index contributed by atoms with van der Waals surface area (Å²) in [6.45, 7) is 9.40. The van der Waals surface area contributed by atoms with Crippen molar-refractivity contribution >= 4 is 10.2 Å². The van der Waals surface area contributed by atoms with Crippen molar-refractivity contribution in [2.24, 2.45) is 0 Å². The molecule has 0 radical (unpaired) electrons. The van der Waals surface area contributed by atoms with E-state index in [0.717, 1.165) is 26.1 Å². The Morgan fingerprint density at radius 2 is 1.75 bits per heavy atom. The highest BCUT2D eigenvalue weighted by Crippen LogP contribution is 2.11. The second-order valence-corrected chi connectivity index (χ2v) is 7.34. The number of rotatable bonds is 11. The number of nitrogens with one attached hydrogen (secondary N) is 1. The maximum Gasteiger partial charge on any atom is 0.282 e. The third-order valence-electron chi connectivity index (χ3n) is 3.20. The number of nitrogens with zero attached hydrogens (tertiary/aromatic N) is 3. The lowest BCUT2D eigenvalue weighted by Crippen LogP contribution is -2.49. The molecule has 0 aromatic rings. The van der Waals surface area contributed by atoms with Crippen molar-refractivity contribution in [2.45, 2.75) is 33.2 Å². The van der Waals surface area contributed by atoms with Gasteiger partial charge in [-0.2, -0.15) is 17.0 Å². The molecular formula is C13H32N4O2S. The van der Waals surface area contributed by atoms with Crippen LogP contribution in [0.3, 0.4) is 0 Å². The normalized spacial score (nSPS) is 14.4. The second kappa shape index (κ2) is 9.68. The summed E-state index contributed by atoms with van der Waals surface area (Å²) in [5.41, 5.74) is 0. The number of hydrogen-bond acceptors (Lipinski definition) is 4. The van der Waals surface area contributed by atoms with Crippen LogP contribution in [0.1, 0.15) is 27.2 Å². The van der Waals surface area contributed by atoms with Crippen molar-refractivity contribution in [3.63, 3.8) is 0 Å². The van der Waals surface area contributed by atoms with Crippen molar-refractivity contribution in [3.8, 4) is 0 Å². The lowest BCUT2D eigenvalue weighted by atomic mass is 10.3. The van der Waals surface area contributed by atoms with Crippen molar-refractivity contribution < 1.29 is 8.42 Å². The van der Waals surface area contributed by atoms with E-state index in [9.17, 15) is 8.42 Å². The Labute approximate surface area is 125 Å². The molecule has 0 aliphatic heterocycles. The van der Waals surface area contributed by atoms with E-state index in [1.807, 2.05) is 39.8 Å². The van der Waals surface area contributed by atoms with E-state index in [1.165, 1.54) is 4.31 Å². The minimum absolute atomic E-state index is 0.0313. The molecule has 0 rings (SSSR count). The van der Waals surface area contributed by atoms with Gasteiger partial charge in [-0.3, -0.25) is 0 Å². The smallest absolute Gasteiger partial charge is 0.282 e. The Kier molecular flexibility index (Phi) is 9.58. The fourth-order valence-electron chi connectivity index (χ4n) is 2.22. The molecule has 1 unspecified atom stereocenters. The largest absolute Gasteiger partial charge is 0.317 e. The standard InChI is InChI=1S/C13H32N4O2S/c1-7-14-10-9-11-16(6)20(18,19)17(8-2)13(3)12-15(4)5/h13-14H,7-12H2,1-6H3. The van der Waals surface area contributed by atoms with Crippen LogP contribution in [0, 0.1) is 0 Å². The molecule has 1 atom stereocenters. The lowest BCUT2D eigenvalue weighted by Gasteiger charge is -2.32. The Balaban J connectivity index is 4.62. The quantitative estimate of drug-likeness (QED) is 0.563. The number of likely N-dealkylation sites (N-methyl/N-ethyl adjacent to an activating group) is 2. The number of hydrogen-bond donors (Lipinski definition) is 1. The van der Waals surface area contributed by atoms with Gasteiger partial charge in [0.25, 0.3) is 10.2 Å². The molecule has 0 saturated carbocycles. The predicted octanol–water partition coefficient (Wildman–Crippen LogP) is 0.435. The molecule has 0 spiro atoms. The van der Waals surface area contributed by atoms with Gasteiger partial charge in [0.2, 0.25) is 0 Å². The Bertz CT molecular complexity index is 346. The van der Waals surface area contributed by atoms with E-state index < -0.39 is 10.2 Å². The van der Waals surface area contributed by atoms with Gasteiger partial charge in [-0.05, 0) is 40.5 Å². The van der Waals surface area contributed by atoms with Gasteiger partial charge < -0.3 is 10.2 Å². The molecule has 0 saturated heterocycles. The molecule has 0 aromatic carbocycles. The minimum Gasteiger partial charge on any atom is -0.317 e. The lowest BCUT2D eigenvalue weighted by molar-refractivity contribution is 0.257. The Morgan fingerprint density at radius 3 is 2.20 bits per heavy atom. The summed E-state index contributed by atoms with van der Waals surface area (Å²) in [6.07, 6.45) is 0.823. The first-order chi connectivity index (χ1) is 9.27. The van der Waals surface area contributed by atoms with Crippen LogP contribution >= 0.6 is 0 Å². The summed E-state index contributed by atoms with van der Waals surface area (Å²) in [7, 11) is 2.20. The van der Waals surface area contributed by atoms with Gasteiger partial charge >= 0.3 is 0 Å². The highest BCUT2D eigenvalue weighted by atomic mass is 32.2. The predicted molar refractivity (Wildman–Crippen MR) is 85.1 cm³/mol. The van der Waals surface area contributed by atoms with Gasteiger partial charge in [-0.1, -0.05) is 13.8 Å². The molecule has 0 aromatic heterocycles. The SMILES string of the molecule is CCNCCCN(C)S(=O)(=O)N(CC)C(C)CN(C)C. The molecule has 0 fully saturated rings. The zero-order valence-corrected chi connectivity index (χ0v) is 14.7. The Hall–Kier alpha value is -0.210. The molecule has 7 heteroatoms. The van der Waals surface area contributed by atoms with Gasteiger partial charge in [0, 0.05) is 32.7 Å². The first-order valence-electron chi connectivity index (χ1n) is 7.35. The summed E-state index contributed by atoms with van der Waals surface area (Å²) in [5, 5.41) is 3.21. The van der Waals surface area contributed by atoms with Crippen LogP contribution in [0.4, 0.5) is 0 Å². The van der Waals surface area contributed by atoms with Gasteiger partial charge in [0.1, 0.15) is 0 Å². The molecule has 20 heavy (non-hydrogen) atoms. The van der Waals surface area contributed by atoms with E-state index in [4.69, 9.17) is 0 Å². The third kappa shape index (κ3) is 6.49. The van der Waals surface area contributed by atoms with E-state index in [-0.39, 0.29) is 6.04 Å². The average Bonchev–Trinajstić information content (AvgIpc) is 2.33. The molecule has 0 aliphatic rings. The van der Waals surface area contributed by atoms with Crippen molar-refractivity contribution in [3.05, 3.63) is 0 Å². The van der Waals surface area contributed by atoms with E-state index in [1.54, 1.807) is 11.4 Å². The van der Waals surface area contributed by atoms with Crippen molar-refractivity contribution in [1.29, 1.82) is 0 Å². The topological polar surface area (TPSA) is 55.9 Å². The molecular weight excluding hydrogens is 276 g/mol. The summed E-state index contributed by atoms with van der Waals surface area (Å²) in [6, 6.07) is -0.0313. The maximum absolute atomic E-state index is 12.6. The van der Waals surface area contributed by atoms with Crippen LogP contribution < -0.4 is 5.32 Å². The molecule has 0 heterocycles. The molecule has 0 bridgehead atoms. The van der Waals surface area contributed by atoms with Gasteiger partial charge in [-0.15, -0.1) is 0 Å². The van der Waals surface area contributed by atoms with Gasteiger partial charge in [0.05, 0.1) is 0 Å². The van der Waals surface area contributed by atoms with Crippen molar-refractivity contribution in [2.75, 3.05) is 53.9 Å². The molecule has 1 N–H and O–H groups in total. The fourth-order valence-corrected chi connectivity index (χ4v) is 3.79. The van der Waals surface area contributed by atoms with Crippen molar-refractivity contribution in [1.82, 2.24) is 18.8 Å². The highest BCUT2D eigenvalue weighted by Gasteiger charge is 2.29. The minimum atomic E-state index is -3.37. The first-order valence-corrected chi connectivity index (χ1v) is 8.75. The molecule has 0 aliphatic carbocycles. The summed E-state index contributed by atoms with van der Waals surface area (Å²) < 4.78 is 28.2. The van der Waals surface area contributed by atoms with E-state index in [0.29, 0.717) is 13.1 Å². The zero-order chi connectivity index (χ0) is 15.8. The summed E-state index contributed by atoms with van der Waals surface area (Å²) in [5.74, 6) is 0. The van der Waals surface area contributed by atoms with Gasteiger partial charge in [-0.25, -0.2) is 0 Å². The second-order valence-electron chi connectivity index (χ2n) is 5.35. The highest BCUT2D eigenvalue weighted by molar-refractivity contribution is 7.86. The van der Waals surface area contributed by atoms with E-state index in [2.05, 4.69) is 5.32 Å². The fraction of sp³-hybridized carbons (Fsp3) is 1.00. The zero-order valence-electron chi connectivity index (χ0n) is 13.9. The molecule has 6 nitrogen and oxygen atoms in total. The van der Waals surface area contributed by atoms with Crippen LogP contribution in [0.15, 0.2) is 0 Å². The van der Waals surface area contributed by atoms with E-state index >= 15 is 0 Å². The van der Waals surface area contributed by atoms with Crippen LogP contribution in [0.25, 0.3) is 0 Å². The average molecular weight is 308 g/mol. The van der Waals surface area contributed by atoms with Crippen LogP contribution in [0.5, 0.6) is 0 Å².